The molecule has 398 valence electrons. The molecular weight excluding hydrogens is 841 g/mol. The number of rotatable bonds is 55. The van der Waals surface area contributed by atoms with Gasteiger partial charge in [0.2, 0.25) is 0 Å². The Labute approximate surface area is 423 Å². The lowest BCUT2D eigenvalue weighted by molar-refractivity contribution is -0.167. The molecule has 0 aliphatic rings. The molecule has 0 rings (SSSR count). The van der Waals surface area contributed by atoms with E-state index in [9.17, 15) is 14.4 Å². The summed E-state index contributed by atoms with van der Waals surface area (Å²) >= 11 is 0. The SMILES string of the molecule is CCCCCCC/C=C\C/C=C\CCCCCCCCCCCCCCCC(=O)OCC(COC(=O)CCCCCCCCCCCCC)OC(=O)CCCCCCC/C=C\CCCCCCC. The van der Waals surface area contributed by atoms with E-state index in [0.717, 1.165) is 70.6 Å². The highest BCUT2D eigenvalue weighted by Crippen LogP contribution is 2.16. The lowest BCUT2D eigenvalue weighted by atomic mass is 10.0. The van der Waals surface area contributed by atoms with Crippen LogP contribution in [0.1, 0.15) is 323 Å². The first kappa shape index (κ1) is 65.6. The molecule has 0 radical (unpaired) electrons. The fourth-order valence-corrected chi connectivity index (χ4v) is 8.82. The lowest BCUT2D eigenvalue weighted by Gasteiger charge is -2.18. The number of carbonyl (C=O) groups is 3. The van der Waals surface area contributed by atoms with Gasteiger partial charge in [0.05, 0.1) is 0 Å². The van der Waals surface area contributed by atoms with Crippen molar-refractivity contribution >= 4 is 17.9 Å². The first-order chi connectivity index (χ1) is 33.5. The molecule has 0 aromatic carbocycles. The highest BCUT2D eigenvalue weighted by Gasteiger charge is 2.19. The maximum absolute atomic E-state index is 12.8. The molecule has 0 N–H and O–H groups in total. The van der Waals surface area contributed by atoms with Crippen LogP contribution in [-0.4, -0.2) is 37.2 Å². The molecule has 68 heavy (non-hydrogen) atoms. The number of allylic oxidation sites excluding steroid dienone is 6. The van der Waals surface area contributed by atoms with Crippen LogP contribution in [-0.2, 0) is 28.6 Å². The van der Waals surface area contributed by atoms with Crippen molar-refractivity contribution in [2.75, 3.05) is 13.2 Å². The van der Waals surface area contributed by atoms with E-state index in [0.29, 0.717) is 19.3 Å². The minimum atomic E-state index is -0.773. The lowest BCUT2D eigenvalue weighted by Crippen LogP contribution is -2.30. The largest absolute Gasteiger partial charge is 0.462 e. The summed E-state index contributed by atoms with van der Waals surface area (Å²) in [7, 11) is 0. The van der Waals surface area contributed by atoms with Gasteiger partial charge in [0.25, 0.3) is 0 Å². The molecule has 0 amide bonds. The van der Waals surface area contributed by atoms with Gasteiger partial charge in [-0.05, 0) is 77.0 Å². The van der Waals surface area contributed by atoms with Gasteiger partial charge in [-0.2, -0.15) is 0 Å². The van der Waals surface area contributed by atoms with Crippen LogP contribution in [0.5, 0.6) is 0 Å². The van der Waals surface area contributed by atoms with Crippen LogP contribution in [0, 0.1) is 0 Å². The summed E-state index contributed by atoms with van der Waals surface area (Å²) < 4.78 is 16.9. The molecule has 0 aromatic rings. The Morgan fingerprint density at radius 2 is 0.529 bits per heavy atom. The van der Waals surface area contributed by atoms with Gasteiger partial charge >= 0.3 is 17.9 Å². The van der Waals surface area contributed by atoms with E-state index in [2.05, 4.69) is 57.2 Å². The third-order valence-corrected chi connectivity index (χ3v) is 13.4. The normalized spacial score (nSPS) is 12.2. The Kier molecular flexibility index (Phi) is 55.2. The first-order valence-electron chi connectivity index (χ1n) is 30.0. The van der Waals surface area contributed by atoms with Gasteiger partial charge < -0.3 is 14.2 Å². The molecule has 0 saturated heterocycles. The number of carbonyl (C=O) groups excluding carboxylic acids is 3. The van der Waals surface area contributed by atoms with Crippen LogP contribution < -0.4 is 0 Å². The Balaban J connectivity index is 4.20. The van der Waals surface area contributed by atoms with E-state index < -0.39 is 6.10 Å². The second-order valence-electron chi connectivity index (χ2n) is 20.3. The minimum Gasteiger partial charge on any atom is -0.462 e. The number of unbranched alkanes of at least 4 members (excludes halogenated alkanes) is 38. The molecule has 0 aliphatic heterocycles. The topological polar surface area (TPSA) is 78.9 Å². The van der Waals surface area contributed by atoms with E-state index >= 15 is 0 Å². The Hall–Kier alpha value is -2.37. The van der Waals surface area contributed by atoms with Crippen LogP contribution in [0.3, 0.4) is 0 Å². The molecule has 1 atom stereocenters. The summed E-state index contributed by atoms with van der Waals surface area (Å²) in [6.07, 6.45) is 68.6. The van der Waals surface area contributed by atoms with Crippen molar-refractivity contribution in [3.63, 3.8) is 0 Å². The standard InChI is InChI=1S/C62H114O6/c1-4-7-10-13-16-19-22-24-26-27-28-29-30-31-32-33-34-35-36-38-40-43-46-49-52-55-61(64)67-58-59(57-66-60(63)54-51-48-45-42-39-21-18-15-12-9-6-3)68-62(65)56-53-50-47-44-41-37-25-23-20-17-14-11-8-5-2/h22-25,27-28,59H,4-21,26,29-58H2,1-3H3/b24-22-,25-23-,28-27-. The summed E-state index contributed by atoms with van der Waals surface area (Å²) in [5.74, 6) is -0.865. The Bertz CT molecular complexity index is 1140. The third-order valence-electron chi connectivity index (χ3n) is 13.4. The van der Waals surface area contributed by atoms with Gasteiger partial charge in [0, 0.05) is 19.3 Å². The van der Waals surface area contributed by atoms with Crippen LogP contribution >= 0.6 is 0 Å². The second kappa shape index (κ2) is 57.2. The summed E-state index contributed by atoms with van der Waals surface area (Å²) in [6, 6.07) is 0. The Morgan fingerprint density at radius 1 is 0.294 bits per heavy atom. The molecule has 1 unspecified atom stereocenters. The fraction of sp³-hybridized carbons (Fsp3) is 0.855. The monoisotopic (exact) mass is 955 g/mol. The minimum absolute atomic E-state index is 0.0716. The zero-order valence-corrected chi connectivity index (χ0v) is 45.6. The summed E-state index contributed by atoms with van der Waals surface area (Å²) in [5.41, 5.74) is 0. The van der Waals surface area contributed by atoms with Gasteiger partial charge in [0.1, 0.15) is 13.2 Å². The molecule has 0 saturated carbocycles. The molecule has 0 aromatic heterocycles. The molecule has 0 spiro atoms. The summed E-state index contributed by atoms with van der Waals surface area (Å²) in [5, 5.41) is 0. The molecular formula is C62H114O6. The molecule has 0 bridgehead atoms. The number of ether oxygens (including phenoxy) is 3. The fourth-order valence-electron chi connectivity index (χ4n) is 8.82. The van der Waals surface area contributed by atoms with Crippen LogP contribution in [0.25, 0.3) is 0 Å². The van der Waals surface area contributed by atoms with Crippen LogP contribution in [0.4, 0.5) is 0 Å². The second-order valence-corrected chi connectivity index (χ2v) is 20.3. The predicted molar refractivity (Wildman–Crippen MR) is 293 cm³/mol. The van der Waals surface area contributed by atoms with Gasteiger partial charge in [0.15, 0.2) is 6.10 Å². The van der Waals surface area contributed by atoms with Gasteiger partial charge in [-0.15, -0.1) is 0 Å². The summed E-state index contributed by atoms with van der Waals surface area (Å²) in [4.78, 5) is 38.1. The van der Waals surface area contributed by atoms with Crippen molar-refractivity contribution < 1.29 is 28.6 Å². The van der Waals surface area contributed by atoms with E-state index in [4.69, 9.17) is 14.2 Å². The van der Waals surface area contributed by atoms with E-state index in [-0.39, 0.29) is 31.1 Å². The van der Waals surface area contributed by atoms with Crippen molar-refractivity contribution in [2.24, 2.45) is 0 Å². The zero-order chi connectivity index (χ0) is 49.3. The van der Waals surface area contributed by atoms with Crippen LogP contribution in [0.2, 0.25) is 0 Å². The molecule has 0 heterocycles. The van der Waals surface area contributed by atoms with Gasteiger partial charge in [-0.3, -0.25) is 14.4 Å². The molecule has 6 heteroatoms. The van der Waals surface area contributed by atoms with E-state index in [1.165, 1.54) is 212 Å². The average molecular weight is 956 g/mol. The average Bonchev–Trinajstić information content (AvgIpc) is 3.34. The van der Waals surface area contributed by atoms with Gasteiger partial charge in [-0.1, -0.05) is 263 Å². The van der Waals surface area contributed by atoms with Crippen molar-refractivity contribution in [1.82, 2.24) is 0 Å². The number of esters is 3. The number of hydrogen-bond donors (Lipinski definition) is 0. The third kappa shape index (κ3) is 54.6. The highest BCUT2D eigenvalue weighted by atomic mass is 16.6. The van der Waals surface area contributed by atoms with E-state index in [1.807, 2.05) is 0 Å². The smallest absolute Gasteiger partial charge is 0.306 e. The Morgan fingerprint density at radius 3 is 0.824 bits per heavy atom. The molecule has 0 fully saturated rings. The molecule has 6 nitrogen and oxygen atoms in total. The van der Waals surface area contributed by atoms with Crippen molar-refractivity contribution in [1.29, 1.82) is 0 Å². The van der Waals surface area contributed by atoms with Crippen LogP contribution in [0.15, 0.2) is 36.5 Å². The zero-order valence-electron chi connectivity index (χ0n) is 45.6. The first-order valence-corrected chi connectivity index (χ1v) is 30.0. The van der Waals surface area contributed by atoms with Crippen molar-refractivity contribution in [3.8, 4) is 0 Å². The maximum Gasteiger partial charge on any atom is 0.306 e. The van der Waals surface area contributed by atoms with Crippen molar-refractivity contribution in [2.45, 2.75) is 329 Å². The van der Waals surface area contributed by atoms with Crippen molar-refractivity contribution in [3.05, 3.63) is 36.5 Å². The molecule has 0 aliphatic carbocycles. The van der Waals surface area contributed by atoms with E-state index in [1.54, 1.807) is 0 Å². The quantitative estimate of drug-likeness (QED) is 0.0262. The predicted octanol–water partition coefficient (Wildman–Crippen LogP) is 20.0. The van der Waals surface area contributed by atoms with Gasteiger partial charge in [-0.25, -0.2) is 0 Å². The summed E-state index contributed by atoms with van der Waals surface area (Å²) in [6.45, 7) is 6.64. The maximum atomic E-state index is 12.8. The highest BCUT2D eigenvalue weighted by molar-refractivity contribution is 5.71. The number of hydrogen-bond acceptors (Lipinski definition) is 6.